The number of ether oxygens (including phenoxy) is 1. The number of hydrogen-bond donors (Lipinski definition) is 1. The molecular formula is C11H16O2S. The van der Waals surface area contributed by atoms with Gasteiger partial charge in [-0.25, -0.2) is 0 Å². The topological polar surface area (TPSA) is 29.5 Å². The zero-order chi connectivity index (χ0) is 10.4. The van der Waals surface area contributed by atoms with Crippen molar-refractivity contribution in [1.82, 2.24) is 0 Å². The van der Waals surface area contributed by atoms with Crippen molar-refractivity contribution < 1.29 is 9.84 Å². The lowest BCUT2D eigenvalue weighted by Gasteiger charge is -2.09. The van der Waals surface area contributed by atoms with E-state index in [1.807, 2.05) is 17.5 Å². The van der Waals surface area contributed by atoms with E-state index in [4.69, 9.17) is 4.74 Å². The van der Waals surface area contributed by atoms with Crippen molar-refractivity contribution in [3.8, 4) is 5.75 Å². The summed E-state index contributed by atoms with van der Waals surface area (Å²) in [5.41, 5.74) is 0. The van der Waals surface area contributed by atoms with Crippen molar-refractivity contribution in [2.45, 2.75) is 25.4 Å². The van der Waals surface area contributed by atoms with Crippen LogP contribution in [0.15, 0.2) is 24.1 Å². The first-order chi connectivity index (χ1) is 6.79. The van der Waals surface area contributed by atoms with Gasteiger partial charge in [0, 0.05) is 0 Å². The number of hydrogen-bond acceptors (Lipinski definition) is 3. The van der Waals surface area contributed by atoms with Crippen LogP contribution in [0.1, 0.15) is 30.2 Å². The second-order valence-corrected chi connectivity index (χ2v) is 4.04. The average molecular weight is 212 g/mol. The van der Waals surface area contributed by atoms with E-state index >= 15 is 0 Å². The Morgan fingerprint density at radius 1 is 1.71 bits per heavy atom. The van der Waals surface area contributed by atoms with Crippen molar-refractivity contribution in [1.29, 1.82) is 0 Å². The summed E-state index contributed by atoms with van der Waals surface area (Å²) in [6.45, 7) is 3.65. The van der Waals surface area contributed by atoms with Gasteiger partial charge in [-0.1, -0.05) is 6.08 Å². The zero-order valence-electron chi connectivity index (χ0n) is 8.40. The molecule has 0 radical (unpaired) electrons. The fourth-order valence-electron chi connectivity index (χ4n) is 1.31. The molecule has 78 valence electrons. The largest absolute Gasteiger partial charge is 0.495 e. The van der Waals surface area contributed by atoms with Gasteiger partial charge in [-0.2, -0.15) is 0 Å². The molecule has 2 nitrogen and oxygen atoms in total. The Morgan fingerprint density at radius 3 is 3.14 bits per heavy atom. The van der Waals surface area contributed by atoms with Gasteiger partial charge >= 0.3 is 0 Å². The van der Waals surface area contributed by atoms with Gasteiger partial charge < -0.3 is 9.84 Å². The summed E-state index contributed by atoms with van der Waals surface area (Å²) in [7, 11) is 1.63. The minimum Gasteiger partial charge on any atom is -0.495 e. The summed E-state index contributed by atoms with van der Waals surface area (Å²) in [5, 5.41) is 11.8. The number of aliphatic hydroxyl groups is 1. The Bertz CT molecular complexity index is 281. The molecule has 0 saturated heterocycles. The maximum atomic E-state index is 9.84. The van der Waals surface area contributed by atoms with Crippen LogP contribution in [-0.4, -0.2) is 12.2 Å². The van der Waals surface area contributed by atoms with Crippen LogP contribution in [-0.2, 0) is 0 Å². The molecule has 0 saturated carbocycles. The predicted molar refractivity (Wildman–Crippen MR) is 59.9 cm³/mol. The van der Waals surface area contributed by atoms with E-state index in [1.54, 1.807) is 7.11 Å². The van der Waals surface area contributed by atoms with Gasteiger partial charge in [0.05, 0.1) is 18.1 Å². The van der Waals surface area contributed by atoms with E-state index in [2.05, 4.69) is 6.58 Å². The fraction of sp³-hybridized carbons (Fsp3) is 0.455. The third-order valence-electron chi connectivity index (χ3n) is 2.07. The van der Waals surface area contributed by atoms with Crippen LogP contribution in [0.4, 0.5) is 0 Å². The predicted octanol–water partition coefficient (Wildman–Crippen LogP) is 3.15. The van der Waals surface area contributed by atoms with Gasteiger partial charge in [0.2, 0.25) is 0 Å². The molecule has 1 N–H and O–H groups in total. The second kappa shape index (κ2) is 5.83. The molecule has 0 spiro atoms. The van der Waals surface area contributed by atoms with E-state index in [9.17, 15) is 5.11 Å². The van der Waals surface area contributed by atoms with Crippen LogP contribution in [0.25, 0.3) is 0 Å². The maximum Gasteiger partial charge on any atom is 0.135 e. The first kappa shape index (κ1) is 11.3. The van der Waals surface area contributed by atoms with Crippen LogP contribution in [0, 0.1) is 0 Å². The van der Waals surface area contributed by atoms with Gasteiger partial charge in [0.15, 0.2) is 0 Å². The molecule has 0 aliphatic carbocycles. The molecule has 1 aromatic heterocycles. The molecule has 0 aliphatic heterocycles. The molecule has 0 amide bonds. The van der Waals surface area contributed by atoms with Gasteiger partial charge in [-0.3, -0.25) is 0 Å². The molecule has 3 heteroatoms. The number of thiophene rings is 1. The molecule has 0 aromatic carbocycles. The van der Waals surface area contributed by atoms with Crippen LogP contribution < -0.4 is 4.74 Å². The van der Waals surface area contributed by atoms with Crippen molar-refractivity contribution in [2.75, 3.05) is 7.11 Å². The number of rotatable bonds is 6. The minimum atomic E-state index is -0.398. The molecule has 0 aliphatic rings. The Hall–Kier alpha value is -0.800. The van der Waals surface area contributed by atoms with Gasteiger partial charge in [0.1, 0.15) is 5.75 Å². The lowest BCUT2D eigenvalue weighted by atomic mass is 10.1. The average Bonchev–Trinajstić information content (AvgIpc) is 2.65. The lowest BCUT2D eigenvalue weighted by Crippen LogP contribution is -1.96. The van der Waals surface area contributed by atoms with Crippen molar-refractivity contribution >= 4 is 11.3 Å². The second-order valence-electron chi connectivity index (χ2n) is 3.09. The lowest BCUT2D eigenvalue weighted by molar-refractivity contribution is 0.165. The van der Waals surface area contributed by atoms with Crippen molar-refractivity contribution in [3.05, 3.63) is 29.0 Å². The zero-order valence-corrected chi connectivity index (χ0v) is 9.22. The highest BCUT2D eigenvalue weighted by atomic mass is 32.1. The first-order valence-corrected chi connectivity index (χ1v) is 5.58. The molecular weight excluding hydrogens is 196 g/mol. The third-order valence-corrected chi connectivity index (χ3v) is 3.07. The van der Waals surface area contributed by atoms with Crippen LogP contribution in [0.2, 0.25) is 0 Å². The molecule has 1 unspecified atom stereocenters. The fourth-order valence-corrected chi connectivity index (χ4v) is 2.19. The summed E-state index contributed by atoms with van der Waals surface area (Å²) in [4.78, 5) is 0.927. The summed E-state index contributed by atoms with van der Waals surface area (Å²) >= 11 is 1.54. The highest BCUT2D eigenvalue weighted by Crippen LogP contribution is 2.33. The monoisotopic (exact) mass is 212 g/mol. The number of allylic oxidation sites excluding steroid dienone is 1. The molecule has 1 heterocycles. The summed E-state index contributed by atoms with van der Waals surface area (Å²) in [5.74, 6) is 0.793. The number of aliphatic hydroxyl groups excluding tert-OH is 1. The molecule has 0 bridgehead atoms. The SMILES string of the molecule is C=CCCCC(O)c1sccc1OC. The van der Waals surface area contributed by atoms with Crippen molar-refractivity contribution in [3.63, 3.8) is 0 Å². The standard InChI is InChI=1S/C11H16O2S/c1-3-4-5-6-9(12)11-10(13-2)7-8-14-11/h3,7-9,12H,1,4-6H2,2H3. The normalized spacial score (nSPS) is 12.4. The summed E-state index contributed by atoms with van der Waals surface area (Å²) in [6, 6.07) is 1.89. The number of methoxy groups -OCH3 is 1. The summed E-state index contributed by atoms with van der Waals surface area (Å²) < 4.78 is 5.14. The smallest absolute Gasteiger partial charge is 0.135 e. The molecule has 0 fully saturated rings. The third kappa shape index (κ3) is 2.86. The van der Waals surface area contributed by atoms with E-state index in [1.165, 1.54) is 11.3 Å². The van der Waals surface area contributed by atoms with Gasteiger partial charge in [0.25, 0.3) is 0 Å². The Balaban J connectivity index is 2.50. The number of unbranched alkanes of at least 4 members (excludes halogenated alkanes) is 1. The highest BCUT2D eigenvalue weighted by Gasteiger charge is 2.13. The Morgan fingerprint density at radius 2 is 2.50 bits per heavy atom. The maximum absolute atomic E-state index is 9.84. The highest BCUT2D eigenvalue weighted by molar-refractivity contribution is 7.10. The Labute approximate surface area is 88.8 Å². The van der Waals surface area contributed by atoms with Gasteiger partial charge in [-0.05, 0) is 30.7 Å². The Kier molecular flexibility index (Phi) is 4.70. The molecule has 1 aromatic rings. The summed E-state index contributed by atoms with van der Waals surface area (Å²) in [6.07, 6.45) is 4.16. The molecule has 1 rings (SSSR count). The quantitative estimate of drug-likeness (QED) is 0.580. The first-order valence-electron chi connectivity index (χ1n) is 4.70. The van der Waals surface area contributed by atoms with E-state index < -0.39 is 6.10 Å². The van der Waals surface area contributed by atoms with Crippen LogP contribution in [0.3, 0.4) is 0 Å². The van der Waals surface area contributed by atoms with E-state index in [-0.39, 0.29) is 0 Å². The van der Waals surface area contributed by atoms with Gasteiger partial charge in [-0.15, -0.1) is 17.9 Å². The van der Waals surface area contributed by atoms with E-state index in [0.29, 0.717) is 0 Å². The van der Waals surface area contributed by atoms with Crippen molar-refractivity contribution in [2.24, 2.45) is 0 Å². The van der Waals surface area contributed by atoms with Crippen LogP contribution >= 0.6 is 11.3 Å². The van der Waals surface area contributed by atoms with E-state index in [0.717, 1.165) is 29.9 Å². The molecule has 14 heavy (non-hydrogen) atoms. The molecule has 1 atom stereocenters. The minimum absolute atomic E-state index is 0.398. The van der Waals surface area contributed by atoms with Crippen LogP contribution in [0.5, 0.6) is 5.75 Å².